The van der Waals surface area contributed by atoms with E-state index in [0.29, 0.717) is 12.0 Å². The summed E-state index contributed by atoms with van der Waals surface area (Å²) in [4.78, 5) is 12.0. The molecule has 0 aliphatic heterocycles. The van der Waals surface area contributed by atoms with E-state index in [2.05, 4.69) is 19.1 Å². The molecule has 0 aliphatic rings. The maximum absolute atomic E-state index is 12.0. The second-order valence-corrected chi connectivity index (χ2v) is 8.61. The molecule has 0 saturated carbocycles. The lowest BCUT2D eigenvalue weighted by Gasteiger charge is -2.04. The number of hydrogen-bond donors (Lipinski definition) is 2. The van der Waals surface area contributed by atoms with Crippen LogP contribution in [0.5, 0.6) is 11.5 Å². The number of unbranched alkanes of at least 4 members (excludes halogenated alkanes) is 13. The summed E-state index contributed by atoms with van der Waals surface area (Å²) in [6.07, 6.45) is 24.7. The Balaban J connectivity index is 1.86. The Morgan fingerprint density at radius 1 is 0.700 bits per heavy atom. The zero-order valence-corrected chi connectivity index (χ0v) is 19.2. The van der Waals surface area contributed by atoms with E-state index in [1.54, 1.807) is 12.1 Å². The zero-order chi connectivity index (χ0) is 21.9. The summed E-state index contributed by atoms with van der Waals surface area (Å²) in [6, 6.07) is 4.37. The third-order valence-corrected chi connectivity index (χ3v) is 5.58. The lowest BCUT2D eigenvalue weighted by molar-refractivity contribution is -0.118. The third-order valence-electron chi connectivity index (χ3n) is 5.58. The highest BCUT2D eigenvalue weighted by Crippen LogP contribution is 2.21. The van der Waals surface area contributed by atoms with Gasteiger partial charge in [-0.2, -0.15) is 0 Å². The van der Waals surface area contributed by atoms with E-state index in [0.717, 1.165) is 12.8 Å². The van der Waals surface area contributed by atoms with Crippen LogP contribution in [0.1, 0.15) is 115 Å². The van der Waals surface area contributed by atoms with Gasteiger partial charge in [-0.1, -0.05) is 83.3 Å². The SMILES string of the molecule is CCCCCC/C=C\CCCCCCCCCCCC(=O)Cc1cc(O)cc(O)c1. The molecule has 1 aromatic carbocycles. The Bertz CT molecular complexity index is 572. The Morgan fingerprint density at radius 2 is 1.17 bits per heavy atom. The quantitative estimate of drug-likeness (QED) is 0.177. The van der Waals surface area contributed by atoms with E-state index in [9.17, 15) is 15.0 Å². The van der Waals surface area contributed by atoms with Crippen molar-refractivity contribution in [2.75, 3.05) is 0 Å². The van der Waals surface area contributed by atoms with Gasteiger partial charge in [0.05, 0.1) is 0 Å². The molecule has 0 spiro atoms. The van der Waals surface area contributed by atoms with Gasteiger partial charge in [0.15, 0.2) is 0 Å². The van der Waals surface area contributed by atoms with Gasteiger partial charge in [-0.15, -0.1) is 0 Å². The molecule has 0 aromatic heterocycles. The topological polar surface area (TPSA) is 57.5 Å². The van der Waals surface area contributed by atoms with Crippen LogP contribution in [0.15, 0.2) is 30.4 Å². The maximum atomic E-state index is 12.0. The molecular formula is C27H44O3. The molecule has 0 heterocycles. The van der Waals surface area contributed by atoms with Gasteiger partial charge >= 0.3 is 0 Å². The van der Waals surface area contributed by atoms with Crippen LogP contribution in [-0.2, 0) is 11.2 Å². The lowest BCUT2D eigenvalue weighted by atomic mass is 10.0. The number of phenols is 2. The first kappa shape index (κ1) is 26.3. The van der Waals surface area contributed by atoms with Crippen molar-refractivity contribution in [3.63, 3.8) is 0 Å². The van der Waals surface area contributed by atoms with E-state index in [1.165, 1.54) is 89.5 Å². The number of Topliss-reactive ketones (excluding diaryl/α,β-unsaturated/α-hetero) is 1. The van der Waals surface area contributed by atoms with E-state index in [-0.39, 0.29) is 23.7 Å². The third kappa shape index (κ3) is 15.1. The highest BCUT2D eigenvalue weighted by molar-refractivity contribution is 5.81. The molecule has 0 atom stereocenters. The van der Waals surface area contributed by atoms with E-state index in [4.69, 9.17) is 0 Å². The smallest absolute Gasteiger partial charge is 0.137 e. The Hall–Kier alpha value is -1.77. The number of carbonyl (C=O) groups excluding carboxylic acids is 1. The minimum absolute atomic E-state index is 0.00655. The number of hydrogen-bond acceptors (Lipinski definition) is 3. The first-order valence-electron chi connectivity index (χ1n) is 12.3. The van der Waals surface area contributed by atoms with Gasteiger partial charge in [0.1, 0.15) is 17.3 Å². The van der Waals surface area contributed by atoms with Crippen molar-refractivity contribution in [1.29, 1.82) is 0 Å². The Kier molecular flexibility index (Phi) is 15.8. The molecule has 0 bridgehead atoms. The summed E-state index contributed by atoms with van der Waals surface area (Å²) in [5.74, 6) is 0.189. The Morgan fingerprint density at radius 3 is 1.70 bits per heavy atom. The van der Waals surface area contributed by atoms with Gasteiger partial charge in [0, 0.05) is 18.9 Å². The fourth-order valence-corrected chi connectivity index (χ4v) is 3.82. The van der Waals surface area contributed by atoms with Crippen LogP contribution in [0.4, 0.5) is 0 Å². The van der Waals surface area contributed by atoms with Crippen molar-refractivity contribution < 1.29 is 15.0 Å². The number of phenolic OH excluding ortho intramolecular Hbond substituents is 2. The predicted octanol–water partition coefficient (Wildman–Crippen LogP) is 8.03. The highest BCUT2D eigenvalue weighted by atomic mass is 16.3. The fourth-order valence-electron chi connectivity index (χ4n) is 3.82. The first-order valence-corrected chi connectivity index (χ1v) is 12.3. The van der Waals surface area contributed by atoms with Gasteiger partial charge in [-0.05, 0) is 49.8 Å². The van der Waals surface area contributed by atoms with Crippen molar-refractivity contribution in [2.45, 2.75) is 116 Å². The van der Waals surface area contributed by atoms with Gasteiger partial charge in [-0.25, -0.2) is 0 Å². The zero-order valence-electron chi connectivity index (χ0n) is 19.2. The van der Waals surface area contributed by atoms with Crippen molar-refractivity contribution in [1.82, 2.24) is 0 Å². The first-order chi connectivity index (χ1) is 14.6. The van der Waals surface area contributed by atoms with Gasteiger partial charge < -0.3 is 10.2 Å². The number of ketones is 1. The lowest BCUT2D eigenvalue weighted by Crippen LogP contribution is -2.02. The summed E-state index contributed by atoms with van der Waals surface area (Å²) in [5, 5.41) is 18.9. The number of allylic oxidation sites excluding steroid dienone is 2. The van der Waals surface area contributed by atoms with E-state index >= 15 is 0 Å². The van der Waals surface area contributed by atoms with Crippen LogP contribution in [0, 0.1) is 0 Å². The molecule has 3 nitrogen and oxygen atoms in total. The van der Waals surface area contributed by atoms with Crippen LogP contribution >= 0.6 is 0 Å². The average molecular weight is 417 g/mol. The summed E-state index contributed by atoms with van der Waals surface area (Å²) < 4.78 is 0. The van der Waals surface area contributed by atoms with Crippen molar-refractivity contribution in [2.24, 2.45) is 0 Å². The molecule has 3 heteroatoms. The number of carbonyl (C=O) groups is 1. The minimum Gasteiger partial charge on any atom is -0.508 e. The van der Waals surface area contributed by atoms with Crippen molar-refractivity contribution in [3.8, 4) is 11.5 Å². The Labute approximate surface area is 184 Å². The van der Waals surface area contributed by atoms with Gasteiger partial charge in [0.25, 0.3) is 0 Å². The summed E-state index contributed by atoms with van der Waals surface area (Å²) >= 11 is 0. The molecule has 1 aromatic rings. The minimum atomic E-state index is 0.00655. The monoisotopic (exact) mass is 416 g/mol. The molecule has 0 aliphatic carbocycles. The second kappa shape index (κ2) is 18.0. The molecule has 170 valence electrons. The molecule has 30 heavy (non-hydrogen) atoms. The fraction of sp³-hybridized carbons (Fsp3) is 0.667. The van der Waals surface area contributed by atoms with Crippen LogP contribution in [-0.4, -0.2) is 16.0 Å². The van der Waals surface area contributed by atoms with Crippen LogP contribution in [0.3, 0.4) is 0 Å². The molecule has 2 N–H and O–H groups in total. The molecule has 0 radical (unpaired) electrons. The largest absolute Gasteiger partial charge is 0.508 e. The summed E-state index contributed by atoms with van der Waals surface area (Å²) in [6.45, 7) is 2.26. The van der Waals surface area contributed by atoms with Gasteiger partial charge in [0.2, 0.25) is 0 Å². The second-order valence-electron chi connectivity index (χ2n) is 8.61. The average Bonchev–Trinajstić information content (AvgIpc) is 2.69. The van der Waals surface area contributed by atoms with Crippen molar-refractivity contribution in [3.05, 3.63) is 35.9 Å². The standard InChI is InChI=1S/C27H44O3/c1-2-3-4-5-6-7-8-9-10-11-12-13-14-15-16-17-18-19-25(28)20-24-21-26(29)23-27(30)22-24/h7-8,21-23,29-30H,2-6,9-20H2,1H3/b8-7-. The molecule has 1 rings (SSSR count). The van der Waals surface area contributed by atoms with Crippen molar-refractivity contribution >= 4 is 5.78 Å². The molecule has 0 unspecified atom stereocenters. The number of benzene rings is 1. The van der Waals surface area contributed by atoms with Gasteiger partial charge in [-0.3, -0.25) is 4.79 Å². The van der Waals surface area contributed by atoms with Crippen LogP contribution in [0.2, 0.25) is 0 Å². The number of aromatic hydroxyl groups is 2. The number of rotatable bonds is 19. The molecule has 0 fully saturated rings. The molecule has 0 saturated heterocycles. The molecule has 0 amide bonds. The highest BCUT2D eigenvalue weighted by Gasteiger charge is 2.06. The predicted molar refractivity (Wildman–Crippen MR) is 127 cm³/mol. The molecular weight excluding hydrogens is 372 g/mol. The summed E-state index contributed by atoms with van der Waals surface area (Å²) in [5.41, 5.74) is 0.681. The van der Waals surface area contributed by atoms with E-state index < -0.39 is 0 Å². The van der Waals surface area contributed by atoms with E-state index in [1.807, 2.05) is 0 Å². The summed E-state index contributed by atoms with van der Waals surface area (Å²) in [7, 11) is 0. The normalized spacial score (nSPS) is 11.4. The van der Waals surface area contributed by atoms with Crippen LogP contribution in [0.25, 0.3) is 0 Å². The van der Waals surface area contributed by atoms with Crippen LogP contribution < -0.4 is 0 Å². The maximum Gasteiger partial charge on any atom is 0.137 e.